The van der Waals surface area contributed by atoms with Crippen molar-refractivity contribution in [2.24, 2.45) is 0 Å². The standard InChI is InChI=1S/C22H20F3NO4/c1-3-29-19(27)21(22(23,24)25,14-13-17-11-9-16(2)10-12-17)26-20(28)30-15-18-7-5-4-6-8-18/h4-12H,3,15H2,1-2H3,(H,26,28). The number of carbonyl (C=O) groups is 2. The van der Waals surface area contributed by atoms with E-state index in [0.717, 1.165) is 5.56 Å². The van der Waals surface area contributed by atoms with Crippen molar-refractivity contribution < 1.29 is 32.2 Å². The fourth-order valence-electron chi connectivity index (χ4n) is 2.35. The van der Waals surface area contributed by atoms with Crippen LogP contribution >= 0.6 is 0 Å². The van der Waals surface area contributed by atoms with E-state index in [9.17, 15) is 22.8 Å². The second-order valence-electron chi connectivity index (χ2n) is 6.27. The number of nitrogens with one attached hydrogen (secondary N) is 1. The van der Waals surface area contributed by atoms with Gasteiger partial charge in [-0.25, -0.2) is 9.59 Å². The molecular formula is C22H20F3NO4. The number of hydrogen-bond donors (Lipinski definition) is 1. The molecule has 1 unspecified atom stereocenters. The Labute approximate surface area is 172 Å². The molecule has 0 radical (unpaired) electrons. The summed E-state index contributed by atoms with van der Waals surface area (Å²) in [4.78, 5) is 24.4. The summed E-state index contributed by atoms with van der Waals surface area (Å²) in [5, 5.41) is 1.57. The van der Waals surface area contributed by atoms with Gasteiger partial charge in [-0.05, 0) is 37.5 Å². The van der Waals surface area contributed by atoms with E-state index < -0.39 is 23.8 Å². The van der Waals surface area contributed by atoms with Crippen LogP contribution in [-0.2, 0) is 20.9 Å². The number of alkyl carbamates (subject to hydrolysis) is 1. The summed E-state index contributed by atoms with van der Waals surface area (Å²) in [5.41, 5.74) is -1.90. The Morgan fingerprint density at radius 1 is 1.00 bits per heavy atom. The maximum Gasteiger partial charge on any atom is 0.434 e. The predicted octanol–water partition coefficient (Wildman–Crippen LogP) is 4.14. The smallest absolute Gasteiger partial charge is 0.434 e. The van der Waals surface area contributed by atoms with Crippen molar-refractivity contribution in [3.05, 3.63) is 71.3 Å². The molecular weight excluding hydrogens is 399 g/mol. The maximum atomic E-state index is 14.0. The summed E-state index contributed by atoms with van der Waals surface area (Å²) < 4.78 is 51.3. The molecule has 0 heterocycles. The topological polar surface area (TPSA) is 64.6 Å². The van der Waals surface area contributed by atoms with Crippen LogP contribution in [0.5, 0.6) is 0 Å². The number of hydrogen-bond acceptors (Lipinski definition) is 4. The lowest BCUT2D eigenvalue weighted by atomic mass is 9.99. The van der Waals surface area contributed by atoms with Crippen molar-refractivity contribution in [2.45, 2.75) is 32.2 Å². The zero-order chi connectivity index (χ0) is 22.2. The van der Waals surface area contributed by atoms with Gasteiger partial charge in [0.25, 0.3) is 5.54 Å². The van der Waals surface area contributed by atoms with E-state index >= 15 is 0 Å². The molecule has 0 saturated carbocycles. The highest BCUT2D eigenvalue weighted by atomic mass is 19.4. The molecule has 2 aromatic rings. The lowest BCUT2D eigenvalue weighted by molar-refractivity contribution is -0.198. The van der Waals surface area contributed by atoms with Crippen molar-refractivity contribution in [3.8, 4) is 11.8 Å². The molecule has 158 valence electrons. The predicted molar refractivity (Wildman–Crippen MR) is 103 cm³/mol. The number of aryl methyl sites for hydroxylation is 1. The molecule has 1 amide bonds. The first-order chi connectivity index (χ1) is 14.2. The van der Waals surface area contributed by atoms with Crippen molar-refractivity contribution in [3.63, 3.8) is 0 Å². The maximum absolute atomic E-state index is 14.0. The third-order valence-corrected chi connectivity index (χ3v) is 3.96. The van der Waals surface area contributed by atoms with Gasteiger partial charge in [0.15, 0.2) is 0 Å². The molecule has 1 atom stereocenters. The average molecular weight is 419 g/mol. The van der Waals surface area contributed by atoms with Gasteiger partial charge in [0.05, 0.1) is 6.61 Å². The lowest BCUT2D eigenvalue weighted by Gasteiger charge is -2.29. The zero-order valence-electron chi connectivity index (χ0n) is 16.4. The second kappa shape index (κ2) is 9.83. The van der Waals surface area contributed by atoms with E-state index in [4.69, 9.17) is 4.74 Å². The van der Waals surface area contributed by atoms with Gasteiger partial charge in [-0.1, -0.05) is 53.9 Å². The highest BCUT2D eigenvalue weighted by Crippen LogP contribution is 2.32. The number of esters is 1. The first-order valence-electron chi connectivity index (χ1n) is 9.00. The van der Waals surface area contributed by atoms with Gasteiger partial charge in [0.1, 0.15) is 6.61 Å². The fraction of sp³-hybridized carbons (Fsp3) is 0.273. The van der Waals surface area contributed by atoms with Crippen LogP contribution in [0.2, 0.25) is 0 Å². The number of rotatable bonds is 5. The third kappa shape index (κ3) is 5.77. The first kappa shape index (κ1) is 22.8. The van der Waals surface area contributed by atoms with Crippen molar-refractivity contribution >= 4 is 12.1 Å². The molecule has 5 nitrogen and oxygen atoms in total. The van der Waals surface area contributed by atoms with E-state index in [1.165, 1.54) is 19.1 Å². The number of carbonyl (C=O) groups excluding carboxylic acids is 2. The second-order valence-corrected chi connectivity index (χ2v) is 6.27. The molecule has 0 aromatic heterocycles. The summed E-state index contributed by atoms with van der Waals surface area (Å²) in [6.07, 6.45) is -6.72. The van der Waals surface area contributed by atoms with Gasteiger partial charge in [0.2, 0.25) is 0 Å². The highest BCUT2D eigenvalue weighted by molar-refractivity contribution is 5.91. The van der Waals surface area contributed by atoms with Crippen LogP contribution in [0.3, 0.4) is 0 Å². The van der Waals surface area contributed by atoms with Crippen LogP contribution < -0.4 is 5.32 Å². The normalized spacial score (nSPS) is 12.7. The molecule has 2 aromatic carbocycles. The Morgan fingerprint density at radius 2 is 1.63 bits per heavy atom. The molecule has 0 aliphatic heterocycles. The SMILES string of the molecule is CCOC(=O)C(C#Cc1ccc(C)cc1)(NC(=O)OCc1ccccc1)C(F)(F)F. The van der Waals surface area contributed by atoms with Crippen LogP contribution in [-0.4, -0.2) is 30.4 Å². The van der Waals surface area contributed by atoms with Gasteiger partial charge in [-0.15, -0.1) is 0 Å². The Morgan fingerprint density at radius 3 is 2.20 bits per heavy atom. The van der Waals surface area contributed by atoms with Crippen LogP contribution in [0.4, 0.5) is 18.0 Å². The monoisotopic (exact) mass is 419 g/mol. The summed E-state index contributed by atoms with van der Waals surface area (Å²) in [7, 11) is 0. The van der Waals surface area contributed by atoms with E-state index in [0.29, 0.717) is 5.56 Å². The minimum Gasteiger partial charge on any atom is -0.463 e. The Balaban J connectivity index is 2.35. The molecule has 0 aliphatic carbocycles. The van der Waals surface area contributed by atoms with Crippen LogP contribution in [0.1, 0.15) is 23.6 Å². The Kier molecular flexibility index (Phi) is 7.48. The number of benzene rings is 2. The van der Waals surface area contributed by atoms with Crippen LogP contribution in [0.25, 0.3) is 0 Å². The average Bonchev–Trinajstić information content (AvgIpc) is 2.70. The summed E-state index contributed by atoms with van der Waals surface area (Å²) >= 11 is 0. The molecule has 0 aliphatic rings. The van der Waals surface area contributed by atoms with E-state index in [1.807, 2.05) is 5.92 Å². The van der Waals surface area contributed by atoms with E-state index in [-0.39, 0.29) is 18.8 Å². The first-order valence-corrected chi connectivity index (χ1v) is 9.00. The summed E-state index contributed by atoms with van der Waals surface area (Å²) in [6, 6.07) is 14.7. The molecule has 30 heavy (non-hydrogen) atoms. The van der Waals surface area contributed by atoms with Crippen molar-refractivity contribution in [1.29, 1.82) is 0 Å². The van der Waals surface area contributed by atoms with E-state index in [1.54, 1.807) is 54.7 Å². The van der Waals surface area contributed by atoms with Gasteiger partial charge >= 0.3 is 18.2 Å². The minimum absolute atomic E-state index is 0.234. The zero-order valence-corrected chi connectivity index (χ0v) is 16.4. The number of halogens is 3. The highest BCUT2D eigenvalue weighted by Gasteiger charge is 2.63. The van der Waals surface area contributed by atoms with Gasteiger partial charge in [-0.3, -0.25) is 5.32 Å². The number of amides is 1. The Bertz CT molecular complexity index is 931. The van der Waals surface area contributed by atoms with E-state index in [2.05, 4.69) is 10.7 Å². The van der Waals surface area contributed by atoms with Gasteiger partial charge < -0.3 is 9.47 Å². The van der Waals surface area contributed by atoms with Gasteiger partial charge in [-0.2, -0.15) is 13.2 Å². The molecule has 0 bridgehead atoms. The fourth-order valence-corrected chi connectivity index (χ4v) is 2.35. The third-order valence-electron chi connectivity index (χ3n) is 3.96. The van der Waals surface area contributed by atoms with Crippen molar-refractivity contribution in [1.82, 2.24) is 5.32 Å². The number of ether oxygens (including phenoxy) is 2. The molecule has 1 N–H and O–H groups in total. The molecule has 2 rings (SSSR count). The summed E-state index contributed by atoms with van der Waals surface area (Å²) in [5.74, 6) is 2.42. The summed E-state index contributed by atoms with van der Waals surface area (Å²) in [6.45, 7) is 2.54. The van der Waals surface area contributed by atoms with Gasteiger partial charge in [0, 0.05) is 5.56 Å². The Hall–Kier alpha value is -3.47. The van der Waals surface area contributed by atoms with Crippen LogP contribution in [0, 0.1) is 18.8 Å². The number of alkyl halides is 3. The quantitative estimate of drug-likeness (QED) is 0.585. The minimum atomic E-state index is -5.26. The molecule has 0 spiro atoms. The molecule has 8 heteroatoms. The molecule has 0 saturated heterocycles. The lowest BCUT2D eigenvalue weighted by Crippen LogP contribution is -2.63. The molecule has 0 fully saturated rings. The largest absolute Gasteiger partial charge is 0.463 e. The van der Waals surface area contributed by atoms with Crippen molar-refractivity contribution in [2.75, 3.05) is 6.61 Å². The van der Waals surface area contributed by atoms with Crippen LogP contribution in [0.15, 0.2) is 54.6 Å².